The first-order chi connectivity index (χ1) is 5.14. The van der Waals surface area contributed by atoms with Crippen molar-refractivity contribution in [1.82, 2.24) is 4.72 Å². The van der Waals surface area contributed by atoms with Crippen molar-refractivity contribution in [3.8, 4) is 0 Å². The Kier molecular flexibility index (Phi) is 2.86. The minimum absolute atomic E-state index is 0.134. The van der Waals surface area contributed by atoms with Gasteiger partial charge in [0.15, 0.2) is 0 Å². The zero-order valence-corrected chi connectivity index (χ0v) is 7.10. The summed E-state index contributed by atoms with van der Waals surface area (Å²) in [7, 11) is -3.09. The van der Waals surface area contributed by atoms with E-state index in [1.165, 1.54) is 0 Å². The maximum atomic E-state index is 11.0. The Balaban J connectivity index is 2.26. The van der Waals surface area contributed by atoms with Crippen LogP contribution in [-0.4, -0.2) is 32.4 Å². The number of rotatable bonds is 5. The van der Waals surface area contributed by atoms with Crippen LogP contribution in [0.1, 0.15) is 12.8 Å². The number of aliphatic hydroxyl groups excluding tert-OH is 1. The monoisotopic (exact) mass is 179 g/mol. The third-order valence-electron chi connectivity index (χ3n) is 1.59. The van der Waals surface area contributed by atoms with Crippen molar-refractivity contribution < 1.29 is 13.5 Å². The van der Waals surface area contributed by atoms with E-state index in [9.17, 15) is 8.42 Å². The molecule has 0 aromatic heterocycles. The van der Waals surface area contributed by atoms with Crippen LogP contribution in [0.2, 0.25) is 0 Å². The van der Waals surface area contributed by atoms with Gasteiger partial charge in [-0.25, -0.2) is 13.1 Å². The summed E-state index contributed by atoms with van der Waals surface area (Å²) < 4.78 is 24.3. The lowest BCUT2D eigenvalue weighted by Gasteiger charge is -2.02. The molecule has 1 rings (SSSR count). The van der Waals surface area contributed by atoms with Crippen molar-refractivity contribution in [2.45, 2.75) is 12.8 Å². The first-order valence-corrected chi connectivity index (χ1v) is 5.37. The van der Waals surface area contributed by atoms with Crippen molar-refractivity contribution >= 4 is 10.0 Å². The van der Waals surface area contributed by atoms with Crippen LogP contribution >= 0.6 is 0 Å². The van der Waals surface area contributed by atoms with Gasteiger partial charge in [0.1, 0.15) is 0 Å². The topological polar surface area (TPSA) is 66.4 Å². The molecule has 0 radical (unpaired) electrons. The van der Waals surface area contributed by atoms with Crippen molar-refractivity contribution in [2.75, 3.05) is 18.9 Å². The fraction of sp³-hybridized carbons (Fsp3) is 1.00. The zero-order chi connectivity index (χ0) is 8.32. The highest BCUT2D eigenvalue weighted by molar-refractivity contribution is 7.89. The fourth-order valence-corrected chi connectivity index (χ4v) is 2.33. The number of sulfonamides is 1. The minimum atomic E-state index is -3.09. The van der Waals surface area contributed by atoms with E-state index in [-0.39, 0.29) is 18.9 Å². The second-order valence-corrected chi connectivity index (χ2v) is 4.69. The molecule has 0 aliphatic heterocycles. The molecule has 0 atom stereocenters. The van der Waals surface area contributed by atoms with Crippen molar-refractivity contribution in [3.05, 3.63) is 0 Å². The van der Waals surface area contributed by atoms with Gasteiger partial charge in [-0.05, 0) is 18.8 Å². The predicted molar refractivity (Wildman–Crippen MR) is 41.6 cm³/mol. The van der Waals surface area contributed by atoms with Gasteiger partial charge in [-0.1, -0.05) is 0 Å². The standard InChI is InChI=1S/C6H13NO3S/c8-4-3-7-11(9,10)5-6-1-2-6/h6-8H,1-5H2. The Morgan fingerprint density at radius 1 is 1.45 bits per heavy atom. The van der Waals surface area contributed by atoms with Crippen molar-refractivity contribution in [1.29, 1.82) is 0 Å². The second-order valence-electron chi connectivity index (χ2n) is 2.84. The Morgan fingerprint density at radius 2 is 2.09 bits per heavy atom. The molecule has 0 amide bonds. The molecule has 1 saturated carbocycles. The number of nitrogens with one attached hydrogen (secondary N) is 1. The normalized spacial score (nSPS) is 18.6. The van der Waals surface area contributed by atoms with Gasteiger partial charge in [0.25, 0.3) is 0 Å². The molecule has 0 bridgehead atoms. The van der Waals surface area contributed by atoms with Crippen molar-refractivity contribution in [2.24, 2.45) is 5.92 Å². The SMILES string of the molecule is O=S(=O)(CC1CC1)NCCO. The summed E-state index contributed by atoms with van der Waals surface area (Å²) in [5, 5.41) is 8.35. The Bertz CT molecular complexity index is 208. The molecule has 0 unspecified atom stereocenters. The molecule has 0 saturated heterocycles. The molecule has 4 nitrogen and oxygen atoms in total. The largest absolute Gasteiger partial charge is 0.395 e. The molecular weight excluding hydrogens is 166 g/mol. The molecular formula is C6H13NO3S. The second kappa shape index (κ2) is 3.51. The summed E-state index contributed by atoms with van der Waals surface area (Å²) in [6.45, 7) is -0.00104. The average Bonchev–Trinajstić information content (AvgIpc) is 2.67. The molecule has 1 aliphatic carbocycles. The fourth-order valence-electron chi connectivity index (χ4n) is 0.855. The number of hydrogen-bond acceptors (Lipinski definition) is 3. The quantitative estimate of drug-likeness (QED) is 0.587. The van der Waals surface area contributed by atoms with E-state index >= 15 is 0 Å². The lowest BCUT2D eigenvalue weighted by Crippen LogP contribution is -2.29. The van der Waals surface area contributed by atoms with E-state index in [0.29, 0.717) is 5.92 Å². The van der Waals surface area contributed by atoms with Gasteiger partial charge in [0.05, 0.1) is 12.4 Å². The molecule has 5 heteroatoms. The van der Waals surface area contributed by atoms with Crippen LogP contribution in [0.25, 0.3) is 0 Å². The molecule has 0 heterocycles. The Hall–Kier alpha value is -0.130. The molecule has 11 heavy (non-hydrogen) atoms. The Labute approximate surface area is 66.7 Å². The molecule has 2 N–H and O–H groups in total. The van der Waals surface area contributed by atoms with Gasteiger partial charge < -0.3 is 5.11 Å². The summed E-state index contributed by atoms with van der Waals surface area (Å²) >= 11 is 0. The van der Waals surface area contributed by atoms with Gasteiger partial charge in [-0.2, -0.15) is 0 Å². The van der Waals surface area contributed by atoms with E-state index < -0.39 is 10.0 Å². The third-order valence-corrected chi connectivity index (χ3v) is 3.14. The molecule has 66 valence electrons. The van der Waals surface area contributed by atoms with Gasteiger partial charge in [-0.3, -0.25) is 0 Å². The molecule has 0 aromatic carbocycles. The van der Waals surface area contributed by atoms with Crippen LogP contribution in [0.4, 0.5) is 0 Å². The first kappa shape index (κ1) is 8.96. The maximum Gasteiger partial charge on any atom is 0.211 e. The van der Waals surface area contributed by atoms with E-state index in [2.05, 4.69) is 4.72 Å². The highest BCUT2D eigenvalue weighted by Gasteiger charge is 2.27. The molecule has 0 aromatic rings. The van der Waals surface area contributed by atoms with Crippen LogP contribution in [0.3, 0.4) is 0 Å². The van der Waals surface area contributed by atoms with E-state index in [4.69, 9.17) is 5.11 Å². The smallest absolute Gasteiger partial charge is 0.211 e. The van der Waals surface area contributed by atoms with E-state index in [1.54, 1.807) is 0 Å². The van der Waals surface area contributed by atoms with Crippen LogP contribution < -0.4 is 4.72 Å². The summed E-state index contributed by atoms with van der Waals surface area (Å²) in [6, 6.07) is 0. The van der Waals surface area contributed by atoms with Gasteiger partial charge in [0.2, 0.25) is 10.0 Å². The van der Waals surface area contributed by atoms with Gasteiger partial charge in [0, 0.05) is 6.54 Å². The highest BCUT2D eigenvalue weighted by Crippen LogP contribution is 2.29. The Morgan fingerprint density at radius 3 is 2.55 bits per heavy atom. The summed E-state index contributed by atoms with van der Waals surface area (Å²) in [5.41, 5.74) is 0. The predicted octanol–water partition coefficient (Wildman–Crippen LogP) is -0.692. The van der Waals surface area contributed by atoms with E-state index in [1.807, 2.05) is 0 Å². The lowest BCUT2D eigenvalue weighted by atomic mass is 10.5. The highest BCUT2D eigenvalue weighted by atomic mass is 32.2. The van der Waals surface area contributed by atoms with Crippen LogP contribution in [0.15, 0.2) is 0 Å². The van der Waals surface area contributed by atoms with Gasteiger partial charge >= 0.3 is 0 Å². The van der Waals surface area contributed by atoms with Crippen LogP contribution in [0, 0.1) is 5.92 Å². The molecule has 0 spiro atoms. The average molecular weight is 179 g/mol. The minimum Gasteiger partial charge on any atom is -0.395 e. The first-order valence-electron chi connectivity index (χ1n) is 3.72. The number of hydrogen-bond donors (Lipinski definition) is 2. The zero-order valence-electron chi connectivity index (χ0n) is 6.28. The molecule has 1 fully saturated rings. The lowest BCUT2D eigenvalue weighted by molar-refractivity contribution is 0.301. The van der Waals surface area contributed by atoms with E-state index in [0.717, 1.165) is 12.8 Å². The summed E-state index contributed by atoms with van der Waals surface area (Å²) in [6.07, 6.45) is 2.06. The maximum absolute atomic E-state index is 11.0. The summed E-state index contributed by atoms with van der Waals surface area (Å²) in [4.78, 5) is 0. The van der Waals surface area contributed by atoms with Crippen LogP contribution in [-0.2, 0) is 10.0 Å². The van der Waals surface area contributed by atoms with Crippen LogP contribution in [0.5, 0.6) is 0 Å². The molecule has 1 aliphatic rings. The summed E-state index contributed by atoms with van der Waals surface area (Å²) in [5.74, 6) is 0.596. The number of aliphatic hydroxyl groups is 1. The van der Waals surface area contributed by atoms with Crippen molar-refractivity contribution in [3.63, 3.8) is 0 Å². The third kappa shape index (κ3) is 3.69. The van der Waals surface area contributed by atoms with Gasteiger partial charge in [-0.15, -0.1) is 0 Å².